The lowest BCUT2D eigenvalue weighted by molar-refractivity contribution is 1.36. The first-order chi connectivity index (χ1) is 11.1. The van der Waals surface area contributed by atoms with Crippen molar-refractivity contribution >= 4 is 17.7 Å². The maximum absolute atomic E-state index is 9.39. The molecule has 0 radical (unpaired) electrons. The van der Waals surface area contributed by atoms with Crippen LogP contribution in [-0.2, 0) is 6.16 Å². The summed E-state index contributed by atoms with van der Waals surface area (Å²) in [5.74, 6) is 0. The largest absolute Gasteiger partial charge is 0.309 e. The van der Waals surface area contributed by atoms with Crippen molar-refractivity contribution < 1.29 is 0 Å². The van der Waals surface area contributed by atoms with E-state index >= 15 is 0 Å². The molecule has 1 N–H and O–H groups in total. The minimum atomic E-state index is -2.19. The summed E-state index contributed by atoms with van der Waals surface area (Å²) in [5, 5.41) is 11.7. The van der Waals surface area contributed by atoms with Crippen LogP contribution >= 0.6 is 7.05 Å². The molecule has 3 aromatic rings. The fourth-order valence-corrected chi connectivity index (χ4v) is 5.53. The van der Waals surface area contributed by atoms with Crippen LogP contribution in [0.1, 0.15) is 16.7 Å². The zero-order valence-electron chi connectivity index (χ0n) is 13.7. The molecule has 0 saturated heterocycles. The van der Waals surface area contributed by atoms with Gasteiger partial charge < -0.3 is 5.16 Å². The number of benzene rings is 3. The van der Waals surface area contributed by atoms with Gasteiger partial charge in [-0.15, -0.1) is 0 Å². The Morgan fingerprint density at radius 2 is 1.09 bits per heavy atom. The van der Waals surface area contributed by atoms with E-state index in [9.17, 15) is 5.16 Å². The molecule has 116 valence electrons. The minimum absolute atomic E-state index is 0.778. The van der Waals surface area contributed by atoms with Crippen molar-refractivity contribution in [1.29, 1.82) is 5.16 Å². The van der Waals surface area contributed by atoms with Crippen molar-refractivity contribution in [1.82, 2.24) is 0 Å². The van der Waals surface area contributed by atoms with Crippen LogP contribution < -0.4 is 10.6 Å². The SMILES string of the molecule is Cc1ccc(P(=N)(Cc2ccccc2)c2ccc(C)cc2)cc1. The fourth-order valence-electron chi connectivity index (χ4n) is 2.79. The summed E-state index contributed by atoms with van der Waals surface area (Å²) in [6.45, 7) is 4.19. The van der Waals surface area contributed by atoms with Crippen LogP contribution in [0.15, 0.2) is 78.9 Å². The van der Waals surface area contributed by atoms with E-state index in [0.29, 0.717) is 0 Å². The molecule has 0 bridgehead atoms. The summed E-state index contributed by atoms with van der Waals surface area (Å²) in [5.41, 5.74) is 3.71. The van der Waals surface area contributed by atoms with Gasteiger partial charge >= 0.3 is 0 Å². The summed E-state index contributed by atoms with van der Waals surface area (Å²) in [6.07, 6.45) is 0.778. The zero-order valence-corrected chi connectivity index (χ0v) is 14.6. The first-order valence-corrected chi connectivity index (χ1v) is 9.87. The highest BCUT2D eigenvalue weighted by Crippen LogP contribution is 2.47. The van der Waals surface area contributed by atoms with Crippen LogP contribution in [0, 0.1) is 19.0 Å². The fraction of sp³-hybridized carbons (Fsp3) is 0.143. The molecule has 0 fully saturated rings. The zero-order chi connectivity index (χ0) is 16.3. The molecule has 3 aromatic carbocycles. The molecule has 0 aliphatic carbocycles. The van der Waals surface area contributed by atoms with E-state index in [-0.39, 0.29) is 0 Å². The van der Waals surface area contributed by atoms with E-state index in [2.05, 4.69) is 86.6 Å². The Balaban J connectivity index is 2.10. The maximum atomic E-state index is 9.39. The highest BCUT2D eigenvalue weighted by atomic mass is 31.2. The van der Waals surface area contributed by atoms with Gasteiger partial charge in [0.1, 0.15) is 0 Å². The number of rotatable bonds is 4. The average Bonchev–Trinajstić information content (AvgIpc) is 2.57. The molecular weight excluding hydrogens is 297 g/mol. The average molecular weight is 319 g/mol. The van der Waals surface area contributed by atoms with Crippen LogP contribution in [0.4, 0.5) is 0 Å². The molecular formula is C21H22NP. The van der Waals surface area contributed by atoms with Crippen LogP contribution in [-0.4, -0.2) is 0 Å². The van der Waals surface area contributed by atoms with Crippen LogP contribution in [0.3, 0.4) is 0 Å². The molecule has 23 heavy (non-hydrogen) atoms. The van der Waals surface area contributed by atoms with Crippen molar-refractivity contribution in [3.05, 3.63) is 95.6 Å². The minimum Gasteiger partial charge on any atom is -0.309 e. The molecule has 0 amide bonds. The first-order valence-electron chi connectivity index (χ1n) is 7.89. The van der Waals surface area contributed by atoms with E-state index in [1.807, 2.05) is 6.07 Å². The molecule has 0 unspecified atom stereocenters. The summed E-state index contributed by atoms with van der Waals surface area (Å²) in [7, 11) is -2.19. The normalized spacial score (nSPS) is 11.4. The van der Waals surface area contributed by atoms with Crippen molar-refractivity contribution in [2.24, 2.45) is 0 Å². The van der Waals surface area contributed by atoms with Gasteiger partial charge in [-0.3, -0.25) is 0 Å². The Morgan fingerprint density at radius 1 is 0.652 bits per heavy atom. The molecule has 0 saturated carbocycles. The standard InChI is InChI=1S/C21H22NP/c1-17-8-12-20(13-9-17)23(22,16-19-6-4-3-5-7-19)21-14-10-18(2)11-15-21/h3-15,22H,16H2,1-2H3. The van der Waals surface area contributed by atoms with Gasteiger partial charge in [-0.05, 0) is 30.0 Å². The lowest BCUT2D eigenvalue weighted by Crippen LogP contribution is -2.17. The van der Waals surface area contributed by atoms with Crippen molar-refractivity contribution in [3.8, 4) is 0 Å². The Hall–Kier alpha value is -2.11. The van der Waals surface area contributed by atoms with Crippen LogP contribution in [0.2, 0.25) is 0 Å². The summed E-state index contributed by atoms with van der Waals surface area (Å²) in [4.78, 5) is 0. The number of nitrogens with one attached hydrogen (secondary N) is 1. The molecule has 0 spiro atoms. The van der Waals surface area contributed by atoms with Crippen molar-refractivity contribution in [2.45, 2.75) is 20.0 Å². The molecule has 2 heteroatoms. The number of aryl methyl sites for hydroxylation is 2. The van der Waals surface area contributed by atoms with Gasteiger partial charge in [-0.2, -0.15) is 0 Å². The van der Waals surface area contributed by atoms with E-state index in [4.69, 9.17) is 0 Å². The summed E-state index contributed by atoms with van der Waals surface area (Å²) >= 11 is 0. The lowest BCUT2D eigenvalue weighted by Gasteiger charge is -2.24. The third kappa shape index (κ3) is 3.46. The molecule has 0 aliphatic rings. The second-order valence-corrected chi connectivity index (χ2v) is 9.09. The molecule has 0 heterocycles. The van der Waals surface area contributed by atoms with Crippen LogP contribution in [0.5, 0.6) is 0 Å². The van der Waals surface area contributed by atoms with Gasteiger partial charge in [0, 0.05) is 13.2 Å². The predicted octanol–water partition coefficient (Wildman–Crippen LogP) is 5.23. The molecule has 0 aromatic heterocycles. The number of hydrogen-bond donors (Lipinski definition) is 1. The van der Waals surface area contributed by atoms with E-state index in [1.54, 1.807) is 0 Å². The van der Waals surface area contributed by atoms with E-state index in [0.717, 1.165) is 16.8 Å². The van der Waals surface area contributed by atoms with Gasteiger partial charge in [0.05, 0.1) is 0 Å². The highest BCUT2D eigenvalue weighted by Gasteiger charge is 2.22. The topological polar surface area (TPSA) is 23.9 Å². The summed E-state index contributed by atoms with van der Waals surface area (Å²) < 4.78 is 0. The summed E-state index contributed by atoms with van der Waals surface area (Å²) in [6, 6.07) is 27.5. The van der Waals surface area contributed by atoms with Crippen molar-refractivity contribution in [2.75, 3.05) is 0 Å². The molecule has 0 aliphatic heterocycles. The van der Waals surface area contributed by atoms with E-state index in [1.165, 1.54) is 16.7 Å². The third-order valence-electron chi connectivity index (χ3n) is 4.21. The van der Waals surface area contributed by atoms with Gasteiger partial charge in [0.15, 0.2) is 0 Å². The Kier molecular flexibility index (Phi) is 4.50. The monoisotopic (exact) mass is 319 g/mol. The van der Waals surface area contributed by atoms with Gasteiger partial charge in [-0.25, -0.2) is 0 Å². The van der Waals surface area contributed by atoms with Crippen LogP contribution in [0.25, 0.3) is 0 Å². The maximum Gasteiger partial charge on any atom is 0.0279 e. The van der Waals surface area contributed by atoms with Crippen molar-refractivity contribution in [3.63, 3.8) is 0 Å². The predicted molar refractivity (Wildman–Crippen MR) is 101 cm³/mol. The Labute approximate surface area is 138 Å². The first kappa shape index (κ1) is 15.8. The van der Waals surface area contributed by atoms with Gasteiger partial charge in [0.25, 0.3) is 0 Å². The number of hydrogen-bond acceptors (Lipinski definition) is 1. The Bertz CT molecular complexity index is 768. The van der Waals surface area contributed by atoms with Gasteiger partial charge in [-0.1, -0.05) is 90.0 Å². The second kappa shape index (κ2) is 6.56. The highest BCUT2D eigenvalue weighted by molar-refractivity contribution is 7.79. The third-order valence-corrected chi connectivity index (χ3v) is 7.41. The van der Waals surface area contributed by atoms with Gasteiger partial charge in [0.2, 0.25) is 0 Å². The molecule has 3 rings (SSSR count). The smallest absolute Gasteiger partial charge is 0.0279 e. The van der Waals surface area contributed by atoms with E-state index < -0.39 is 7.05 Å². The Morgan fingerprint density at radius 3 is 1.52 bits per heavy atom. The second-order valence-electron chi connectivity index (χ2n) is 6.12. The quantitative estimate of drug-likeness (QED) is 0.636. The molecule has 0 atom stereocenters. The molecule has 1 nitrogen and oxygen atoms in total. The lowest BCUT2D eigenvalue weighted by atomic mass is 10.2.